The summed E-state index contributed by atoms with van der Waals surface area (Å²) in [6.45, 7) is 29.6. The zero-order valence-corrected chi connectivity index (χ0v) is 90.3. The van der Waals surface area contributed by atoms with Crippen LogP contribution in [0.3, 0.4) is 0 Å². The van der Waals surface area contributed by atoms with E-state index in [1.54, 1.807) is 110 Å². The molecule has 2 saturated carbocycles. The average Bonchev–Trinajstić information content (AvgIpc) is 0.667. The van der Waals surface area contributed by atoms with Gasteiger partial charge in [-0.25, -0.2) is 0 Å². The molecule has 0 bridgehead atoms. The van der Waals surface area contributed by atoms with Crippen molar-refractivity contribution >= 4 is 114 Å². The van der Waals surface area contributed by atoms with Gasteiger partial charge in [0.15, 0.2) is 0 Å². The summed E-state index contributed by atoms with van der Waals surface area (Å²) in [4.78, 5) is 108. The first kappa shape index (κ1) is 106. The van der Waals surface area contributed by atoms with Gasteiger partial charge in [0.2, 0.25) is 11.8 Å². The fourth-order valence-electron chi connectivity index (χ4n) is 21.4. The van der Waals surface area contributed by atoms with E-state index in [0.717, 1.165) is 86.5 Å². The predicted molar refractivity (Wildman–Crippen MR) is 547 cm³/mol. The van der Waals surface area contributed by atoms with Crippen molar-refractivity contribution in [3.63, 3.8) is 0 Å². The number of fused-ring (bicyclic) bond motifs is 2. The number of hydrogen-bond acceptors (Lipinski definition) is 22. The zero-order chi connectivity index (χ0) is 100. The van der Waals surface area contributed by atoms with Crippen LogP contribution in [-0.2, 0) is 84.4 Å². The van der Waals surface area contributed by atoms with Crippen LogP contribution in [0.5, 0.6) is 46.0 Å². The van der Waals surface area contributed by atoms with Gasteiger partial charge in [0.05, 0.1) is 22.3 Å². The number of ether oxygens (including phenoxy) is 4. The summed E-state index contributed by atoms with van der Waals surface area (Å²) < 4.78 is 102. The number of amides is 6. The molecule has 2 unspecified atom stereocenters. The van der Waals surface area contributed by atoms with Crippen LogP contribution in [0.2, 0.25) is 24.2 Å². The largest absolute Gasteiger partial charge is 0.500 e. The van der Waals surface area contributed by atoms with Crippen LogP contribution in [0.4, 0.5) is 0 Å². The molecule has 4 aliphatic rings. The average molecular weight is 1970 g/mol. The molecule has 0 N–H and O–H groups in total. The molecule has 6 amide bonds. The Labute approximate surface area is 821 Å². The first-order chi connectivity index (χ1) is 65.7. The van der Waals surface area contributed by atoms with Crippen molar-refractivity contribution in [1.29, 1.82) is 0 Å². The molecule has 0 spiro atoms. The van der Waals surface area contributed by atoms with Crippen molar-refractivity contribution in [3.05, 3.63) is 166 Å². The third-order valence-electron chi connectivity index (χ3n) is 30.2. The lowest BCUT2D eigenvalue weighted by molar-refractivity contribution is -0.140. The highest BCUT2D eigenvalue weighted by atomic mass is 28.4. The summed E-state index contributed by atoms with van der Waals surface area (Å²) in [5.41, 5.74) is 2.00. The van der Waals surface area contributed by atoms with E-state index in [1.807, 2.05) is 148 Å². The standard InChI is InChI=1S/C108H148N4O22Si4/c1-27-59-109(75-35-31-29-32-36-75)103(117)97(69(3)4)111-99(113)81-65-85(131-77-47-39-71(40-48-77)105(7,8)55-61-135(119-15,120-16)121-17)91-93-87(133-79-51-43-73(44-52-79)107(11,12)57-63-137(125-21,126-22)127-23)67-83-90-84(102(116)112(101(83)115)98(70(5)6)104(118)110(60-28-2)76-37-33-30-34-38-76)68-88(134-80-53-45-74(46-54-80)108(13,14)58-64-138(128-24,129-25)130-26)94(96(90)93)92-86(66-82(100(111)114)89(81)95(91)92)132-78-49-41-72(42-50-78)106(9,10)56-62-136(122-18,123-19)124-20/h39-54,65-70,75-76,97-98H,27-38,55-64H2,1-26H3. The van der Waals surface area contributed by atoms with Gasteiger partial charge in [-0.05, 0) is 193 Å². The fourth-order valence-corrected chi connectivity index (χ4v) is 29.6. The van der Waals surface area contributed by atoms with Gasteiger partial charge in [0.1, 0.15) is 58.1 Å². The van der Waals surface area contributed by atoms with Crippen LogP contribution >= 0.6 is 0 Å². The van der Waals surface area contributed by atoms with Crippen LogP contribution in [0.1, 0.15) is 263 Å². The van der Waals surface area contributed by atoms with Gasteiger partial charge < -0.3 is 81.9 Å². The minimum absolute atomic E-state index is 0.0344. The first-order valence-electron chi connectivity index (χ1n) is 49.2. The van der Waals surface area contributed by atoms with E-state index < -0.39 is 104 Å². The van der Waals surface area contributed by atoms with E-state index in [2.05, 4.69) is 55.4 Å². The maximum absolute atomic E-state index is 17.2. The molecule has 13 rings (SSSR count). The lowest BCUT2D eigenvalue weighted by atomic mass is 9.80. The van der Waals surface area contributed by atoms with Crippen molar-refractivity contribution in [2.24, 2.45) is 11.8 Å². The van der Waals surface area contributed by atoms with Gasteiger partial charge in [-0.15, -0.1) is 0 Å². The highest BCUT2D eigenvalue weighted by molar-refractivity contribution is 6.62. The summed E-state index contributed by atoms with van der Waals surface area (Å²) in [5, 5.41) is 2.08. The van der Waals surface area contributed by atoms with Crippen molar-refractivity contribution in [3.8, 4) is 46.0 Å². The fraction of sp³-hybridized carbons (Fsp3) is 0.537. The first-order valence-corrected chi connectivity index (χ1v) is 57.0. The van der Waals surface area contributed by atoms with E-state index >= 15 is 28.8 Å². The summed E-state index contributed by atoms with van der Waals surface area (Å²) in [5.74, 6) is -3.16. The van der Waals surface area contributed by atoms with Crippen LogP contribution in [-0.4, -0.2) is 213 Å². The molecule has 9 aromatic rings. The Morgan fingerprint density at radius 3 is 0.703 bits per heavy atom. The van der Waals surface area contributed by atoms with Gasteiger partial charge in [-0.3, -0.25) is 38.6 Å². The third kappa shape index (κ3) is 21.1. The topological polar surface area (TPSA) is 263 Å². The summed E-state index contributed by atoms with van der Waals surface area (Å²) in [6, 6.07) is 36.9. The molecule has 9 aromatic carbocycles. The molecule has 2 fully saturated rings. The molecule has 748 valence electrons. The number of carbonyl (C=O) groups excluding carboxylic acids is 6. The number of carbonyl (C=O) groups is 6. The minimum Gasteiger partial charge on any atom is -0.457 e. The van der Waals surface area contributed by atoms with Gasteiger partial charge >= 0.3 is 35.2 Å². The molecule has 138 heavy (non-hydrogen) atoms. The van der Waals surface area contributed by atoms with Gasteiger partial charge in [-0.1, -0.05) is 184 Å². The molecule has 2 aliphatic carbocycles. The number of imide groups is 2. The number of nitrogens with zero attached hydrogens (tertiary/aromatic N) is 4. The van der Waals surface area contributed by atoms with Crippen molar-refractivity contribution < 1.29 is 101 Å². The van der Waals surface area contributed by atoms with E-state index in [4.69, 9.17) is 72.1 Å². The third-order valence-corrected chi connectivity index (χ3v) is 41.1. The monoisotopic (exact) mass is 1960 g/mol. The molecule has 0 saturated heterocycles. The molecular weight excluding hydrogens is 1820 g/mol. The van der Waals surface area contributed by atoms with E-state index in [-0.39, 0.29) is 112 Å². The molecule has 2 atom stereocenters. The Balaban J connectivity index is 1.18. The summed E-state index contributed by atoms with van der Waals surface area (Å²) >= 11 is 0. The molecular formula is C108H148N4O22Si4. The zero-order valence-electron chi connectivity index (χ0n) is 86.3. The van der Waals surface area contributed by atoms with Crippen molar-refractivity contribution in [2.75, 3.05) is 98.4 Å². The Bertz CT molecular complexity index is 5130. The Morgan fingerprint density at radius 1 is 0.319 bits per heavy atom. The molecule has 30 heteroatoms. The summed E-state index contributed by atoms with van der Waals surface area (Å²) in [7, 11) is 7.04. The lowest BCUT2D eigenvalue weighted by Gasteiger charge is -2.42. The predicted octanol–water partition coefficient (Wildman–Crippen LogP) is 23.5. The highest BCUT2D eigenvalue weighted by Gasteiger charge is 2.52. The van der Waals surface area contributed by atoms with Crippen LogP contribution in [0.25, 0.3) is 43.1 Å². The molecule has 26 nitrogen and oxygen atoms in total. The number of rotatable bonds is 48. The molecule has 2 aliphatic heterocycles. The van der Waals surface area contributed by atoms with Crippen molar-refractivity contribution in [2.45, 2.75) is 270 Å². The van der Waals surface area contributed by atoms with E-state index in [9.17, 15) is 0 Å². The SMILES string of the molecule is CCCN(C(=O)C(C(C)C)N1C(=O)c2cc(Oc3ccc(C(C)(C)CC[Si](OC)(OC)OC)cc3)c3c4c(Oc5ccc(C(C)(C)CC[Si](OC)(OC)OC)cc5)cc5c6c(cc(Oc7ccc(C(C)(C)CC[Si](OC)(OC)OC)cc7)c(c7c(Oc8ccc(C(C)(C)CC[Si](OC)(OC)OC)cc8)cc(c2c37)C1=O)c64)C(=O)N(C(C(=O)N(CCC)C1CCCCC1)C(C)C)C5=O)C1CCCCC1. The maximum atomic E-state index is 17.2. The Hall–Kier alpha value is -8.91. The quantitative estimate of drug-likeness (QED) is 0.0148. The Morgan fingerprint density at radius 2 is 0.522 bits per heavy atom. The lowest BCUT2D eigenvalue weighted by Crippen LogP contribution is -2.58. The van der Waals surface area contributed by atoms with Gasteiger partial charge in [0, 0.05) is 178 Å². The smallest absolute Gasteiger partial charge is 0.457 e. The number of hydrogen-bond donors (Lipinski definition) is 0. The van der Waals surface area contributed by atoms with E-state index in [1.165, 1.54) is 9.80 Å². The van der Waals surface area contributed by atoms with E-state index in [0.29, 0.717) is 98.8 Å². The highest BCUT2D eigenvalue weighted by Crippen LogP contribution is 2.59. The second-order valence-electron chi connectivity index (χ2n) is 40.9. The normalized spacial score (nSPS) is 15.8. The molecule has 0 aromatic heterocycles. The second kappa shape index (κ2) is 43.9. The summed E-state index contributed by atoms with van der Waals surface area (Å²) in [6.07, 6.45) is 12.6. The Kier molecular flexibility index (Phi) is 33.8. The van der Waals surface area contributed by atoms with Crippen molar-refractivity contribution in [1.82, 2.24) is 19.6 Å². The minimum atomic E-state index is -3.06. The maximum Gasteiger partial charge on any atom is 0.500 e. The molecule has 2 heterocycles. The number of benzene rings is 9. The second-order valence-corrected chi connectivity index (χ2v) is 53.3. The van der Waals surface area contributed by atoms with Gasteiger partial charge in [0.25, 0.3) is 23.6 Å². The van der Waals surface area contributed by atoms with Crippen LogP contribution < -0.4 is 18.9 Å². The van der Waals surface area contributed by atoms with Crippen LogP contribution in [0, 0.1) is 11.8 Å². The van der Waals surface area contributed by atoms with Gasteiger partial charge in [-0.2, -0.15) is 0 Å². The van der Waals surface area contributed by atoms with Crippen LogP contribution in [0.15, 0.2) is 121 Å². The molecule has 0 radical (unpaired) electrons.